The van der Waals surface area contributed by atoms with Crippen LogP contribution < -0.4 is 0 Å². The molecule has 0 saturated heterocycles. The molecule has 100 heavy (non-hydrogen) atoms. The van der Waals surface area contributed by atoms with Gasteiger partial charge in [0, 0.05) is 92.4 Å². The molecular weight excluding hydrogens is 1260 g/mol. The Morgan fingerprint density at radius 2 is 0.340 bits per heavy atom. The fourth-order valence-corrected chi connectivity index (χ4v) is 11.8. The molecule has 16 nitrogen and oxygen atoms in total. The summed E-state index contributed by atoms with van der Waals surface area (Å²) in [4.78, 5) is 0. The minimum absolute atomic E-state index is 0.0998. The van der Waals surface area contributed by atoms with E-state index >= 15 is 0 Å². The lowest BCUT2D eigenvalue weighted by Gasteiger charge is -2.22. The van der Waals surface area contributed by atoms with Gasteiger partial charge < -0.3 is 81.7 Å². The molecule has 16 N–H and O–H groups in total. The number of aromatic hydroxyl groups is 16. The predicted molar refractivity (Wildman–Crippen MR) is 391 cm³/mol. The van der Waals surface area contributed by atoms with Crippen LogP contribution in [0.25, 0.3) is 22.3 Å². The highest BCUT2D eigenvalue weighted by Gasteiger charge is 2.29. The Hall–Kier alpha value is -12.6. The van der Waals surface area contributed by atoms with Crippen molar-refractivity contribution in [1.82, 2.24) is 0 Å². The zero-order valence-corrected chi connectivity index (χ0v) is 56.6. The van der Waals surface area contributed by atoms with E-state index in [2.05, 4.69) is 0 Å². The van der Waals surface area contributed by atoms with Gasteiger partial charge in [-0.2, -0.15) is 0 Å². The highest BCUT2D eigenvalue weighted by Crippen LogP contribution is 2.50. The molecule has 0 aliphatic rings. The first-order chi connectivity index (χ1) is 48.2. The molecule has 0 aliphatic heterocycles. The van der Waals surface area contributed by atoms with Gasteiger partial charge in [0.2, 0.25) is 0 Å². The summed E-state index contributed by atoms with van der Waals surface area (Å²) in [7, 11) is 0. The van der Waals surface area contributed by atoms with Crippen LogP contribution >= 0.6 is 0 Å². The minimum Gasteiger partial charge on any atom is -0.508 e. The Morgan fingerprint density at radius 3 is 0.510 bits per heavy atom. The third-order valence-corrected chi connectivity index (χ3v) is 16.4. The summed E-state index contributed by atoms with van der Waals surface area (Å²) in [6, 6.07) is 65.4. The Morgan fingerprint density at radius 1 is 0.170 bits per heavy atom. The van der Waals surface area contributed by atoms with E-state index in [0.717, 1.165) is 33.4 Å². The van der Waals surface area contributed by atoms with Crippen LogP contribution in [-0.2, 0) is 0 Å². The molecule has 0 bridgehead atoms. The van der Waals surface area contributed by atoms with Crippen molar-refractivity contribution >= 4 is 0 Å². The first-order valence-corrected chi connectivity index (χ1v) is 32.8. The van der Waals surface area contributed by atoms with Gasteiger partial charge in [-0.1, -0.05) is 225 Å². The van der Waals surface area contributed by atoms with Crippen LogP contribution in [-0.4, -0.2) is 81.7 Å². The number of para-hydroxylation sites is 4. The second-order valence-electron chi connectivity index (χ2n) is 22.1. The maximum Gasteiger partial charge on any atom is 0.161 e. The van der Waals surface area contributed by atoms with Crippen molar-refractivity contribution in [1.29, 1.82) is 0 Å². The molecule has 0 aliphatic carbocycles. The first-order valence-electron chi connectivity index (χ1n) is 32.8. The summed E-state index contributed by atoms with van der Waals surface area (Å²) in [5, 5.41) is 166. The second kappa shape index (κ2) is 34.4. The van der Waals surface area contributed by atoms with Crippen LogP contribution in [0.1, 0.15) is 146 Å². The second-order valence-corrected chi connectivity index (χ2v) is 22.1. The van der Waals surface area contributed by atoms with Gasteiger partial charge in [-0.3, -0.25) is 0 Å². The average Bonchev–Trinajstić information content (AvgIpc) is 0.793. The number of hydrogen-bond acceptors (Lipinski definition) is 16. The predicted octanol–water partition coefficient (Wildman–Crippen LogP) is 18.8. The molecule has 0 spiro atoms. The summed E-state index contributed by atoms with van der Waals surface area (Å²) < 4.78 is 0. The van der Waals surface area contributed by atoms with Crippen molar-refractivity contribution in [2.24, 2.45) is 0 Å². The number of rotatable bonds is 14. The molecule has 12 rings (SSSR count). The Labute approximate surface area is 581 Å². The average molecular weight is 1350 g/mol. The molecule has 16 heteroatoms. The lowest BCUT2D eigenvalue weighted by molar-refractivity contribution is 0.393. The minimum atomic E-state index is -0.721. The largest absolute Gasteiger partial charge is 0.508 e. The molecule has 0 saturated carbocycles. The molecular formula is C84H84O16. The number of hydrogen-bond donors (Lipinski definition) is 16. The topological polar surface area (TPSA) is 324 Å². The molecule has 0 amide bonds. The highest BCUT2D eigenvalue weighted by molar-refractivity contribution is 5.70. The molecule has 0 radical (unpaired) electrons. The van der Waals surface area contributed by atoms with Gasteiger partial charge in [0.1, 0.15) is 46.0 Å². The van der Waals surface area contributed by atoms with Crippen LogP contribution in [0.4, 0.5) is 0 Å². The molecule has 0 aromatic heterocycles. The maximum atomic E-state index is 10.7. The van der Waals surface area contributed by atoms with Crippen molar-refractivity contribution in [2.45, 2.75) is 79.1 Å². The summed E-state index contributed by atoms with van der Waals surface area (Å²) in [6.07, 6.45) is 0. The van der Waals surface area contributed by atoms with Crippen molar-refractivity contribution in [3.8, 4) is 114 Å². The van der Waals surface area contributed by atoms with Crippen LogP contribution in [0.3, 0.4) is 0 Å². The van der Waals surface area contributed by atoms with Crippen molar-refractivity contribution in [3.05, 3.63) is 309 Å². The van der Waals surface area contributed by atoms with E-state index in [9.17, 15) is 81.7 Å². The summed E-state index contributed by atoms with van der Waals surface area (Å²) in [5.41, 5.74) is 9.46. The molecule has 0 fully saturated rings. The van der Waals surface area contributed by atoms with Crippen LogP contribution in [0.15, 0.2) is 243 Å². The van der Waals surface area contributed by atoms with Gasteiger partial charge in [-0.25, -0.2) is 0 Å². The SMILES string of the molecule is CC.CC.CC.CC.Oc1ccc(C(c2ccc(-c3ccc(C(c4ccc(O)cc4O)c4ccc(O)cc4O)cc3)cc2)c2ccc(O)cc2O)c(O)c1.Oc1cccc(C(c2ccc(-c3ccc(C(c4cccc(O)c4O)c4cccc(O)c4O)cc3)cc2)c2cccc(O)c2O)c1O. The van der Waals surface area contributed by atoms with E-state index in [-0.39, 0.29) is 92.0 Å². The van der Waals surface area contributed by atoms with Gasteiger partial charge in [-0.15, -0.1) is 0 Å². The van der Waals surface area contributed by atoms with Gasteiger partial charge >= 0.3 is 0 Å². The lowest BCUT2D eigenvalue weighted by Crippen LogP contribution is -2.05. The Balaban J connectivity index is 0.000000256. The zero-order chi connectivity index (χ0) is 73.1. The summed E-state index contributed by atoms with van der Waals surface area (Å²) in [6.45, 7) is 16.0. The molecule has 0 heterocycles. The first kappa shape index (κ1) is 74.8. The van der Waals surface area contributed by atoms with Crippen LogP contribution in [0.5, 0.6) is 92.0 Å². The van der Waals surface area contributed by atoms with Crippen molar-refractivity contribution in [3.63, 3.8) is 0 Å². The van der Waals surface area contributed by atoms with Gasteiger partial charge in [-0.05, 0) is 93.0 Å². The number of phenolic OH excluding ortho intramolecular Hbond substituents is 16. The third kappa shape index (κ3) is 16.6. The third-order valence-electron chi connectivity index (χ3n) is 16.4. The van der Waals surface area contributed by atoms with Crippen LogP contribution in [0, 0.1) is 0 Å². The quantitative estimate of drug-likeness (QED) is 0.0355. The molecule has 516 valence electrons. The van der Waals surface area contributed by atoms with Gasteiger partial charge in [0.15, 0.2) is 46.0 Å². The molecule has 12 aromatic rings. The monoisotopic (exact) mass is 1350 g/mol. The van der Waals surface area contributed by atoms with E-state index in [4.69, 9.17) is 0 Å². The van der Waals surface area contributed by atoms with Gasteiger partial charge in [0.25, 0.3) is 0 Å². The fourth-order valence-electron chi connectivity index (χ4n) is 11.8. The number of phenols is 16. The summed E-state index contributed by atoms with van der Waals surface area (Å²) in [5.74, 6) is -6.24. The molecule has 0 unspecified atom stereocenters. The summed E-state index contributed by atoms with van der Waals surface area (Å²) >= 11 is 0. The zero-order valence-electron chi connectivity index (χ0n) is 56.6. The number of benzene rings is 12. The van der Waals surface area contributed by atoms with Crippen molar-refractivity contribution in [2.75, 3.05) is 0 Å². The normalized spacial score (nSPS) is 10.6. The van der Waals surface area contributed by atoms with Crippen molar-refractivity contribution < 1.29 is 81.7 Å². The smallest absolute Gasteiger partial charge is 0.161 e. The van der Waals surface area contributed by atoms with Gasteiger partial charge in [0.05, 0.1) is 0 Å². The van der Waals surface area contributed by atoms with E-state index in [1.54, 1.807) is 72.8 Å². The van der Waals surface area contributed by atoms with Crippen LogP contribution in [0.2, 0.25) is 0 Å². The van der Waals surface area contributed by atoms with E-state index in [0.29, 0.717) is 55.6 Å². The van der Waals surface area contributed by atoms with E-state index in [1.165, 1.54) is 72.8 Å². The van der Waals surface area contributed by atoms with E-state index < -0.39 is 23.7 Å². The van der Waals surface area contributed by atoms with E-state index in [1.807, 2.05) is 152 Å². The highest BCUT2D eigenvalue weighted by atomic mass is 16.3. The Kier molecular flexibility index (Phi) is 25.7. The maximum absolute atomic E-state index is 10.7. The molecule has 0 atom stereocenters. The molecule has 12 aromatic carbocycles. The Bertz CT molecular complexity index is 4160. The fraction of sp³-hybridized carbons (Fsp3) is 0.143. The standard InChI is InChI=1S/2C38H30O8.4C2H6/c39-25-9-13-29(33(43)17-25)37(30-14-10-26(40)18-34(30)44)23-5-1-21(2-6-23)22-3-7-24(8-4-22)38(31-15-11-27(41)19-35(31)45)32-16-12-28(42)20-36(32)46;39-29-9-1-5-25(35(29)43)33(26-6-2-10-30(40)36(26)44)23-17-13-21(14-18-23)22-15-19-24(20-16-22)34(27-7-3-11-31(41)37(27)45)28-8-4-12-32(42)38(28)46;4*1-2/h1-20,37-46H;1-20,33-34,39-46H;4*1-2H3. The lowest BCUT2D eigenvalue weighted by atomic mass is 9.82.